The molecule has 0 atom stereocenters. The lowest BCUT2D eigenvalue weighted by molar-refractivity contribution is -0.646. The summed E-state index contributed by atoms with van der Waals surface area (Å²) in [4.78, 5) is 0. The largest absolute Gasteiger partial charge is 1.00 e. The Morgan fingerprint density at radius 2 is 1.57 bits per heavy atom. The van der Waals surface area contributed by atoms with Crippen molar-refractivity contribution >= 4 is 23.1 Å². The summed E-state index contributed by atoms with van der Waals surface area (Å²) in [6.07, 6.45) is 4.42. The van der Waals surface area contributed by atoms with Crippen LogP contribution in [0.2, 0.25) is 0 Å². The highest BCUT2D eigenvalue weighted by molar-refractivity contribution is 5.78. The fourth-order valence-electron chi connectivity index (χ4n) is 3.81. The lowest BCUT2D eigenvalue weighted by Crippen LogP contribution is -3.00. The van der Waals surface area contributed by atoms with Crippen LogP contribution in [0, 0.1) is 20.8 Å². The lowest BCUT2D eigenvalue weighted by atomic mass is 10.1. The second-order valence-electron chi connectivity index (χ2n) is 7.21. The highest BCUT2D eigenvalue weighted by Crippen LogP contribution is 2.22. The highest BCUT2D eigenvalue weighted by Gasteiger charge is 2.11. The summed E-state index contributed by atoms with van der Waals surface area (Å²) in [5.74, 6) is 0. The average molecular weight is 389 g/mol. The third-order valence-corrected chi connectivity index (χ3v) is 5.28. The molecule has 2 aromatic heterocycles. The smallest absolute Gasteiger partial charge is 0.212 e. The molecule has 0 spiro atoms. The van der Waals surface area contributed by atoms with Gasteiger partial charge in [0.05, 0.1) is 0 Å². The van der Waals surface area contributed by atoms with Gasteiger partial charge >= 0.3 is 0 Å². The maximum absolute atomic E-state index is 2.31. The van der Waals surface area contributed by atoms with E-state index in [4.69, 9.17) is 0 Å². The topological polar surface area (TPSA) is 8.81 Å². The highest BCUT2D eigenvalue weighted by atomic mass is 35.5. The molecule has 0 unspecified atom stereocenters. The third-order valence-electron chi connectivity index (χ3n) is 5.28. The average Bonchev–Trinajstić information content (AvgIpc) is 2.95. The van der Waals surface area contributed by atoms with Crippen LogP contribution in [-0.2, 0) is 7.05 Å². The predicted octanol–water partition coefficient (Wildman–Crippen LogP) is 2.55. The summed E-state index contributed by atoms with van der Waals surface area (Å²) in [6, 6.07) is 23.8. The van der Waals surface area contributed by atoms with Crippen LogP contribution in [0.25, 0.3) is 28.7 Å². The number of halogens is 1. The van der Waals surface area contributed by atoms with Crippen molar-refractivity contribution in [1.82, 2.24) is 4.57 Å². The fourth-order valence-corrected chi connectivity index (χ4v) is 3.81. The zero-order chi connectivity index (χ0) is 19.0. The number of aromatic nitrogens is 2. The van der Waals surface area contributed by atoms with E-state index < -0.39 is 0 Å². The Labute approximate surface area is 173 Å². The Kier molecular flexibility index (Phi) is 5.71. The molecule has 0 saturated heterocycles. The van der Waals surface area contributed by atoms with Gasteiger partial charge in [0, 0.05) is 40.7 Å². The maximum Gasteiger partial charge on any atom is 0.212 e. The summed E-state index contributed by atoms with van der Waals surface area (Å²) >= 11 is 0. The molecule has 2 aromatic carbocycles. The zero-order valence-corrected chi connectivity index (χ0v) is 17.5. The first-order valence-corrected chi connectivity index (χ1v) is 9.36. The Balaban J connectivity index is 0.00000225. The van der Waals surface area contributed by atoms with Crippen molar-refractivity contribution in [2.75, 3.05) is 0 Å². The second kappa shape index (κ2) is 8.04. The Hall–Kier alpha value is -2.84. The predicted molar refractivity (Wildman–Crippen MR) is 114 cm³/mol. The molecular weight excluding hydrogens is 364 g/mol. The van der Waals surface area contributed by atoms with E-state index in [9.17, 15) is 0 Å². The van der Waals surface area contributed by atoms with Gasteiger partial charge in [-0.3, -0.25) is 0 Å². The first-order chi connectivity index (χ1) is 13.0. The van der Waals surface area contributed by atoms with Crippen LogP contribution in [0.15, 0.2) is 66.7 Å². The zero-order valence-electron chi connectivity index (χ0n) is 16.8. The number of hydrogen-bond acceptors (Lipinski definition) is 0. The number of benzene rings is 2. The first kappa shape index (κ1) is 19.9. The molecule has 2 heterocycles. The summed E-state index contributed by atoms with van der Waals surface area (Å²) < 4.78 is 4.56. The van der Waals surface area contributed by atoms with Crippen molar-refractivity contribution in [2.24, 2.45) is 7.05 Å². The fraction of sp³-hybridized carbons (Fsp3) is 0.160. The molecule has 28 heavy (non-hydrogen) atoms. The van der Waals surface area contributed by atoms with E-state index in [2.05, 4.69) is 116 Å². The lowest BCUT2D eigenvalue weighted by Gasteiger charge is -2.09. The van der Waals surface area contributed by atoms with Crippen LogP contribution in [0.1, 0.15) is 28.2 Å². The number of fused-ring (bicyclic) bond motifs is 1. The summed E-state index contributed by atoms with van der Waals surface area (Å²) in [7, 11) is 2.13. The van der Waals surface area contributed by atoms with Crippen LogP contribution >= 0.6 is 0 Å². The Morgan fingerprint density at radius 3 is 2.32 bits per heavy atom. The third kappa shape index (κ3) is 3.61. The van der Waals surface area contributed by atoms with Crippen molar-refractivity contribution in [3.8, 4) is 5.69 Å². The quantitative estimate of drug-likeness (QED) is 0.477. The van der Waals surface area contributed by atoms with E-state index in [1.807, 2.05) is 0 Å². The molecule has 3 heteroatoms. The normalized spacial score (nSPS) is 11.1. The second-order valence-corrected chi connectivity index (χ2v) is 7.21. The van der Waals surface area contributed by atoms with Crippen molar-refractivity contribution in [3.05, 3.63) is 94.9 Å². The minimum Gasteiger partial charge on any atom is -1.00 e. The number of nitrogens with zero attached hydrogens (tertiary/aromatic N) is 2. The molecule has 0 saturated carbocycles. The van der Waals surface area contributed by atoms with Crippen LogP contribution < -0.4 is 17.0 Å². The van der Waals surface area contributed by atoms with E-state index in [1.54, 1.807) is 0 Å². The number of pyridine rings is 1. The molecule has 0 aliphatic heterocycles. The molecular formula is C25H25ClN2. The molecule has 2 nitrogen and oxygen atoms in total. The summed E-state index contributed by atoms with van der Waals surface area (Å²) in [5.41, 5.74) is 8.69. The first-order valence-electron chi connectivity index (χ1n) is 9.36. The molecule has 0 radical (unpaired) electrons. The number of rotatable bonds is 3. The number of aryl methyl sites for hydroxylation is 3. The van der Waals surface area contributed by atoms with Gasteiger partial charge in [-0.2, -0.15) is 4.57 Å². The molecule has 4 aromatic rings. The van der Waals surface area contributed by atoms with E-state index in [0.717, 1.165) is 0 Å². The van der Waals surface area contributed by atoms with Gasteiger partial charge in [0.1, 0.15) is 7.05 Å². The van der Waals surface area contributed by atoms with Crippen molar-refractivity contribution in [2.45, 2.75) is 20.8 Å². The molecule has 0 bridgehead atoms. The van der Waals surface area contributed by atoms with Crippen molar-refractivity contribution < 1.29 is 17.0 Å². The van der Waals surface area contributed by atoms with E-state index in [1.165, 1.54) is 44.8 Å². The standard InChI is InChI=1S/C25H25N2.ClH/c1-18-10-15-25-22(16-18)12-14-23(26(25)4)13-11-21-17-19(2)27(20(21)3)24-8-6-5-7-9-24;/h5-17H,1-4H3;1H/q+1;/p-1. The van der Waals surface area contributed by atoms with Gasteiger partial charge in [0.15, 0.2) is 0 Å². The molecule has 4 rings (SSSR count). The Morgan fingerprint density at radius 1 is 0.821 bits per heavy atom. The van der Waals surface area contributed by atoms with Gasteiger partial charge in [0.2, 0.25) is 11.2 Å². The van der Waals surface area contributed by atoms with Crippen molar-refractivity contribution in [1.29, 1.82) is 0 Å². The monoisotopic (exact) mass is 388 g/mol. The van der Waals surface area contributed by atoms with Gasteiger partial charge in [0.25, 0.3) is 0 Å². The molecule has 0 aliphatic rings. The minimum absolute atomic E-state index is 0. The van der Waals surface area contributed by atoms with Crippen LogP contribution in [0.3, 0.4) is 0 Å². The van der Waals surface area contributed by atoms with Crippen LogP contribution in [-0.4, -0.2) is 4.57 Å². The molecule has 142 valence electrons. The number of para-hydroxylation sites is 1. The van der Waals surface area contributed by atoms with Gasteiger partial charge in [-0.05, 0) is 62.7 Å². The van der Waals surface area contributed by atoms with Gasteiger partial charge in [-0.15, -0.1) is 0 Å². The molecule has 0 N–H and O–H groups in total. The summed E-state index contributed by atoms with van der Waals surface area (Å²) in [5, 5.41) is 1.27. The van der Waals surface area contributed by atoms with Crippen molar-refractivity contribution in [3.63, 3.8) is 0 Å². The molecule has 0 fully saturated rings. The maximum atomic E-state index is 2.31. The van der Waals surface area contributed by atoms with Gasteiger partial charge in [-0.25, -0.2) is 0 Å². The minimum atomic E-state index is 0. The Bertz CT molecular complexity index is 1150. The summed E-state index contributed by atoms with van der Waals surface area (Å²) in [6.45, 7) is 6.48. The molecule has 0 amide bonds. The van der Waals surface area contributed by atoms with Crippen LogP contribution in [0.5, 0.6) is 0 Å². The van der Waals surface area contributed by atoms with E-state index in [-0.39, 0.29) is 12.4 Å². The van der Waals surface area contributed by atoms with E-state index >= 15 is 0 Å². The van der Waals surface area contributed by atoms with E-state index in [0.29, 0.717) is 0 Å². The van der Waals surface area contributed by atoms with Gasteiger partial charge in [-0.1, -0.05) is 29.8 Å². The van der Waals surface area contributed by atoms with Crippen LogP contribution in [0.4, 0.5) is 0 Å². The van der Waals surface area contributed by atoms with Gasteiger partial charge < -0.3 is 17.0 Å². The number of hydrogen-bond donors (Lipinski definition) is 0. The molecule has 0 aliphatic carbocycles. The SMILES string of the molecule is Cc1ccc2c(ccc(/C=C/c3cc(C)n(-c4ccccc4)c3C)[n+]2C)c1.[Cl-].